The summed E-state index contributed by atoms with van der Waals surface area (Å²) < 4.78 is 27.5. The molecule has 2 heterocycles. The molecule has 0 amide bonds. The van der Waals surface area contributed by atoms with Crippen molar-refractivity contribution in [1.29, 1.82) is 0 Å². The molecule has 2 rings (SSSR count). The van der Waals surface area contributed by atoms with Crippen LogP contribution in [-0.4, -0.2) is 31.4 Å². The minimum atomic E-state index is -3.37. The van der Waals surface area contributed by atoms with Crippen LogP contribution < -0.4 is 5.32 Å². The van der Waals surface area contributed by atoms with Gasteiger partial charge < -0.3 is 5.32 Å². The molecule has 1 aromatic rings. The minimum absolute atomic E-state index is 0.270. The Morgan fingerprint density at radius 1 is 1.43 bits per heavy atom. The number of nitrogens with zero attached hydrogens (tertiary/aromatic N) is 1. The van der Waals surface area contributed by atoms with Gasteiger partial charge in [-0.25, -0.2) is 8.42 Å². The van der Waals surface area contributed by atoms with Crippen LogP contribution in [0.25, 0.3) is 0 Å². The van der Waals surface area contributed by atoms with Crippen LogP contribution in [0.1, 0.15) is 49.8 Å². The molecule has 0 aromatic carbocycles. The second kappa shape index (κ2) is 6.36. The van der Waals surface area contributed by atoms with Gasteiger partial charge in [-0.3, -0.25) is 0 Å². The fourth-order valence-corrected chi connectivity index (χ4v) is 6.33. The zero-order valence-electron chi connectivity index (χ0n) is 13.4. The maximum atomic E-state index is 12.9. The molecule has 0 bridgehead atoms. The van der Waals surface area contributed by atoms with E-state index in [1.165, 1.54) is 0 Å². The van der Waals surface area contributed by atoms with Gasteiger partial charge in [-0.05, 0) is 52.6 Å². The Morgan fingerprint density at radius 3 is 2.71 bits per heavy atom. The number of aryl methyl sites for hydroxylation is 1. The molecule has 1 aliphatic rings. The maximum absolute atomic E-state index is 12.9. The average molecular weight is 331 g/mol. The molecule has 120 valence electrons. The molecule has 1 N–H and O–H groups in total. The fraction of sp³-hybridized carbons (Fsp3) is 0.733. The lowest BCUT2D eigenvalue weighted by Gasteiger charge is -2.30. The molecular weight excluding hydrogens is 304 g/mol. The monoisotopic (exact) mass is 330 g/mol. The number of thiophene rings is 1. The Labute approximate surface area is 132 Å². The first-order chi connectivity index (χ1) is 9.79. The van der Waals surface area contributed by atoms with Crippen molar-refractivity contribution in [3.63, 3.8) is 0 Å². The quantitative estimate of drug-likeness (QED) is 0.815. The highest BCUT2D eigenvalue weighted by Crippen LogP contribution is 2.36. The van der Waals surface area contributed by atoms with Crippen molar-refractivity contribution in [3.8, 4) is 0 Å². The van der Waals surface area contributed by atoms with E-state index in [9.17, 15) is 8.42 Å². The van der Waals surface area contributed by atoms with E-state index in [2.05, 4.69) is 12.2 Å². The molecule has 0 atom stereocenters. The summed E-state index contributed by atoms with van der Waals surface area (Å²) >= 11 is 1.58. The van der Waals surface area contributed by atoms with Crippen LogP contribution in [0, 0.1) is 6.92 Å². The number of rotatable bonds is 6. The van der Waals surface area contributed by atoms with E-state index in [0.717, 1.165) is 42.1 Å². The lowest BCUT2D eigenvalue weighted by molar-refractivity contribution is 0.291. The second-order valence-corrected chi connectivity index (χ2v) is 9.47. The Morgan fingerprint density at radius 2 is 2.14 bits per heavy atom. The van der Waals surface area contributed by atoms with Crippen LogP contribution in [0.3, 0.4) is 0 Å². The van der Waals surface area contributed by atoms with Crippen molar-refractivity contribution in [2.24, 2.45) is 0 Å². The molecule has 1 aromatic heterocycles. The normalized spacial score (nSPS) is 19.2. The minimum Gasteiger partial charge on any atom is -0.312 e. The van der Waals surface area contributed by atoms with Crippen LogP contribution >= 0.6 is 11.3 Å². The third-order valence-electron chi connectivity index (χ3n) is 4.04. The molecule has 0 unspecified atom stereocenters. The maximum Gasteiger partial charge on any atom is 0.244 e. The van der Waals surface area contributed by atoms with E-state index in [0.29, 0.717) is 11.4 Å². The Balaban J connectivity index is 2.24. The van der Waals surface area contributed by atoms with Gasteiger partial charge in [0.25, 0.3) is 0 Å². The van der Waals surface area contributed by atoms with Gasteiger partial charge in [-0.15, -0.1) is 11.3 Å². The molecule has 1 fully saturated rings. The summed E-state index contributed by atoms with van der Waals surface area (Å²) in [6.07, 6.45) is 2.96. The fourth-order valence-electron chi connectivity index (χ4n) is 2.90. The van der Waals surface area contributed by atoms with Crippen LogP contribution in [-0.2, 0) is 16.6 Å². The summed E-state index contributed by atoms with van der Waals surface area (Å²) in [6, 6.07) is 1.85. The third kappa shape index (κ3) is 3.50. The smallest absolute Gasteiger partial charge is 0.244 e. The zero-order chi connectivity index (χ0) is 15.7. The van der Waals surface area contributed by atoms with Crippen molar-refractivity contribution in [2.75, 3.05) is 13.1 Å². The number of hydrogen-bond acceptors (Lipinski definition) is 4. The van der Waals surface area contributed by atoms with E-state index in [-0.39, 0.29) is 5.54 Å². The molecule has 1 aliphatic heterocycles. The number of nitrogens with one attached hydrogen (secondary N) is 1. The van der Waals surface area contributed by atoms with E-state index in [1.807, 2.05) is 26.8 Å². The Bertz CT molecular complexity index is 591. The van der Waals surface area contributed by atoms with Crippen molar-refractivity contribution < 1.29 is 8.42 Å². The SMILES string of the molecule is CCCNCc1cc(S(=O)(=O)N2CCCC2(C)C)c(C)s1. The van der Waals surface area contributed by atoms with Gasteiger partial charge in [0.1, 0.15) is 0 Å². The number of hydrogen-bond donors (Lipinski definition) is 1. The predicted octanol–water partition coefficient (Wildman–Crippen LogP) is 3.12. The Kier molecular flexibility index (Phi) is 5.13. The Hall–Kier alpha value is -0.430. The van der Waals surface area contributed by atoms with Gasteiger partial charge in [0.15, 0.2) is 0 Å². The lowest BCUT2D eigenvalue weighted by Crippen LogP contribution is -2.42. The predicted molar refractivity (Wildman–Crippen MR) is 88.3 cm³/mol. The molecule has 0 saturated carbocycles. The molecule has 6 heteroatoms. The highest BCUT2D eigenvalue weighted by molar-refractivity contribution is 7.89. The largest absolute Gasteiger partial charge is 0.312 e. The average Bonchev–Trinajstić information content (AvgIpc) is 2.93. The van der Waals surface area contributed by atoms with Crippen molar-refractivity contribution in [3.05, 3.63) is 15.8 Å². The van der Waals surface area contributed by atoms with Gasteiger partial charge in [0.2, 0.25) is 10.0 Å². The number of sulfonamides is 1. The molecule has 0 radical (unpaired) electrons. The van der Waals surface area contributed by atoms with Gasteiger partial charge >= 0.3 is 0 Å². The van der Waals surface area contributed by atoms with Crippen LogP contribution in [0.2, 0.25) is 0 Å². The first kappa shape index (κ1) is 16.9. The van der Waals surface area contributed by atoms with Gasteiger partial charge in [0, 0.05) is 28.4 Å². The van der Waals surface area contributed by atoms with Crippen molar-refractivity contribution in [1.82, 2.24) is 9.62 Å². The first-order valence-electron chi connectivity index (χ1n) is 7.62. The summed E-state index contributed by atoms with van der Waals surface area (Å²) in [5, 5.41) is 3.33. The van der Waals surface area contributed by atoms with Crippen LogP contribution in [0.4, 0.5) is 0 Å². The first-order valence-corrected chi connectivity index (χ1v) is 9.87. The molecule has 0 aliphatic carbocycles. The van der Waals surface area contributed by atoms with Gasteiger partial charge in [-0.1, -0.05) is 6.92 Å². The zero-order valence-corrected chi connectivity index (χ0v) is 15.0. The summed E-state index contributed by atoms with van der Waals surface area (Å²) in [5.74, 6) is 0. The van der Waals surface area contributed by atoms with E-state index < -0.39 is 10.0 Å². The van der Waals surface area contributed by atoms with Crippen LogP contribution in [0.15, 0.2) is 11.0 Å². The topological polar surface area (TPSA) is 49.4 Å². The summed E-state index contributed by atoms with van der Waals surface area (Å²) in [4.78, 5) is 2.48. The highest BCUT2D eigenvalue weighted by Gasteiger charge is 2.41. The molecule has 0 spiro atoms. The standard InChI is InChI=1S/C15H26N2O2S2/c1-5-8-16-11-13-10-14(12(2)20-13)21(18,19)17-9-6-7-15(17,3)4/h10,16H,5-9,11H2,1-4H3. The summed E-state index contributed by atoms with van der Waals surface area (Å²) in [5.41, 5.74) is -0.270. The van der Waals surface area contributed by atoms with E-state index in [1.54, 1.807) is 15.6 Å². The van der Waals surface area contributed by atoms with E-state index in [4.69, 9.17) is 0 Å². The molecule has 21 heavy (non-hydrogen) atoms. The molecule has 4 nitrogen and oxygen atoms in total. The molecule has 1 saturated heterocycles. The van der Waals surface area contributed by atoms with Gasteiger partial charge in [0.05, 0.1) is 4.90 Å². The van der Waals surface area contributed by atoms with Crippen molar-refractivity contribution >= 4 is 21.4 Å². The molecular formula is C15H26N2O2S2. The summed E-state index contributed by atoms with van der Waals surface area (Å²) in [7, 11) is -3.37. The highest BCUT2D eigenvalue weighted by atomic mass is 32.2. The van der Waals surface area contributed by atoms with Crippen LogP contribution in [0.5, 0.6) is 0 Å². The second-order valence-electron chi connectivity index (χ2n) is 6.30. The van der Waals surface area contributed by atoms with Gasteiger partial charge in [-0.2, -0.15) is 4.31 Å². The van der Waals surface area contributed by atoms with E-state index >= 15 is 0 Å². The van der Waals surface area contributed by atoms with Crippen molar-refractivity contribution in [2.45, 2.75) is 63.9 Å². The summed E-state index contributed by atoms with van der Waals surface area (Å²) in [6.45, 7) is 10.4. The lowest BCUT2D eigenvalue weighted by atomic mass is 10.0. The third-order valence-corrected chi connectivity index (χ3v) is 7.46.